The van der Waals surface area contributed by atoms with Crippen LogP contribution in [0.25, 0.3) is 0 Å². The maximum atomic E-state index is 6.01. The summed E-state index contributed by atoms with van der Waals surface area (Å²) in [6, 6.07) is 0. The highest BCUT2D eigenvalue weighted by atomic mass is 14.9. The number of aliphatic imine (C=N–C) groups is 1. The van der Waals surface area contributed by atoms with Gasteiger partial charge in [0, 0.05) is 12.5 Å². The highest BCUT2D eigenvalue weighted by Gasteiger charge is 2.39. The lowest BCUT2D eigenvalue weighted by Gasteiger charge is -2.42. The van der Waals surface area contributed by atoms with Crippen LogP contribution in [0, 0.1) is 23.7 Å². The Bertz CT molecular complexity index is 365. The molecule has 2 nitrogen and oxygen atoms in total. The monoisotopic (exact) mass is 202 g/mol. The second-order valence-corrected chi connectivity index (χ2v) is 5.17. The summed E-state index contributed by atoms with van der Waals surface area (Å²) >= 11 is 0. The van der Waals surface area contributed by atoms with E-state index in [1.165, 1.54) is 18.4 Å². The Morgan fingerprint density at radius 3 is 3.20 bits per heavy atom. The minimum absolute atomic E-state index is 0.620. The molecule has 0 aromatic rings. The van der Waals surface area contributed by atoms with Crippen molar-refractivity contribution in [3.8, 4) is 0 Å². The Morgan fingerprint density at radius 2 is 2.33 bits per heavy atom. The van der Waals surface area contributed by atoms with E-state index in [-0.39, 0.29) is 0 Å². The van der Waals surface area contributed by atoms with Gasteiger partial charge in [-0.1, -0.05) is 25.2 Å². The van der Waals surface area contributed by atoms with Gasteiger partial charge in [-0.2, -0.15) is 0 Å². The fourth-order valence-electron chi connectivity index (χ4n) is 3.46. The molecule has 0 bridgehead atoms. The second kappa shape index (κ2) is 3.22. The summed E-state index contributed by atoms with van der Waals surface area (Å²) in [7, 11) is 0. The van der Waals surface area contributed by atoms with Crippen LogP contribution in [0.5, 0.6) is 0 Å². The Balaban J connectivity index is 2.07. The number of hydrogen-bond acceptors (Lipinski definition) is 2. The topological polar surface area (TPSA) is 38.4 Å². The molecule has 0 fully saturated rings. The molecule has 2 aliphatic carbocycles. The molecule has 0 saturated heterocycles. The minimum Gasteiger partial charge on any atom is -0.384 e. The standard InChI is InChI=1S/C13H18N2/c1-8-5-9-3-2-4-10-7-15-13(14)11(6-8)12(9)10/h2,4,6,8-10,12H,3,5,7H2,1H3,(H2,14,15). The third-order valence-electron chi connectivity index (χ3n) is 4.06. The molecule has 0 radical (unpaired) electrons. The zero-order chi connectivity index (χ0) is 10.4. The number of nitrogens with zero attached hydrogens (tertiary/aromatic N) is 1. The molecule has 1 aliphatic heterocycles. The molecule has 2 heteroatoms. The average Bonchev–Trinajstić information content (AvgIpc) is 2.23. The first-order valence-electron chi connectivity index (χ1n) is 5.94. The van der Waals surface area contributed by atoms with E-state index in [1.54, 1.807) is 0 Å². The summed E-state index contributed by atoms with van der Waals surface area (Å²) in [6.45, 7) is 3.19. The lowest BCUT2D eigenvalue weighted by atomic mass is 9.64. The maximum Gasteiger partial charge on any atom is 0.121 e. The van der Waals surface area contributed by atoms with Crippen molar-refractivity contribution in [2.45, 2.75) is 19.8 Å². The molecule has 4 unspecified atom stereocenters. The van der Waals surface area contributed by atoms with Crippen molar-refractivity contribution in [1.29, 1.82) is 0 Å². The molecular formula is C13H18N2. The molecule has 80 valence electrons. The molecule has 4 atom stereocenters. The molecule has 0 spiro atoms. The Labute approximate surface area is 91.0 Å². The summed E-state index contributed by atoms with van der Waals surface area (Å²) in [5.41, 5.74) is 7.36. The van der Waals surface area contributed by atoms with Crippen LogP contribution in [0.15, 0.2) is 28.8 Å². The third-order valence-corrected chi connectivity index (χ3v) is 4.06. The molecule has 0 aromatic carbocycles. The van der Waals surface area contributed by atoms with Crippen LogP contribution in [0.1, 0.15) is 19.8 Å². The quantitative estimate of drug-likeness (QED) is 0.600. The fraction of sp³-hybridized carbons (Fsp3) is 0.615. The number of allylic oxidation sites excluding steroid dienone is 2. The highest BCUT2D eigenvalue weighted by Crippen LogP contribution is 2.45. The molecule has 0 saturated carbocycles. The first kappa shape index (κ1) is 9.20. The van der Waals surface area contributed by atoms with Crippen molar-refractivity contribution in [2.24, 2.45) is 34.4 Å². The SMILES string of the molecule is CC1C=C2C(N)=NCC3C=CCC(C1)C23. The van der Waals surface area contributed by atoms with Gasteiger partial charge in [-0.15, -0.1) is 0 Å². The lowest BCUT2D eigenvalue weighted by Crippen LogP contribution is -2.41. The van der Waals surface area contributed by atoms with E-state index in [1.807, 2.05) is 0 Å². The summed E-state index contributed by atoms with van der Waals surface area (Å²) in [4.78, 5) is 4.44. The van der Waals surface area contributed by atoms with Gasteiger partial charge in [0.1, 0.15) is 5.84 Å². The molecule has 3 rings (SSSR count). The van der Waals surface area contributed by atoms with Crippen molar-refractivity contribution < 1.29 is 0 Å². The van der Waals surface area contributed by atoms with Gasteiger partial charge in [0.25, 0.3) is 0 Å². The van der Waals surface area contributed by atoms with Crippen molar-refractivity contribution in [3.05, 3.63) is 23.8 Å². The van der Waals surface area contributed by atoms with E-state index in [2.05, 4.69) is 30.1 Å². The largest absolute Gasteiger partial charge is 0.384 e. The first-order valence-corrected chi connectivity index (χ1v) is 5.94. The average molecular weight is 202 g/mol. The second-order valence-electron chi connectivity index (χ2n) is 5.17. The van der Waals surface area contributed by atoms with E-state index < -0.39 is 0 Å². The van der Waals surface area contributed by atoms with Crippen LogP contribution in [0.3, 0.4) is 0 Å². The normalized spacial score (nSPS) is 43.0. The Morgan fingerprint density at radius 1 is 1.47 bits per heavy atom. The molecule has 15 heavy (non-hydrogen) atoms. The van der Waals surface area contributed by atoms with Crippen molar-refractivity contribution in [1.82, 2.24) is 0 Å². The van der Waals surface area contributed by atoms with Crippen molar-refractivity contribution in [3.63, 3.8) is 0 Å². The predicted octanol–water partition coefficient (Wildman–Crippen LogP) is 2.13. The molecule has 1 heterocycles. The van der Waals surface area contributed by atoms with Crippen molar-refractivity contribution in [2.75, 3.05) is 6.54 Å². The van der Waals surface area contributed by atoms with Crippen LogP contribution >= 0.6 is 0 Å². The lowest BCUT2D eigenvalue weighted by molar-refractivity contribution is 0.243. The maximum absolute atomic E-state index is 6.01. The van der Waals surface area contributed by atoms with Crippen LogP contribution in [0.2, 0.25) is 0 Å². The summed E-state index contributed by atoms with van der Waals surface area (Å²) in [5, 5.41) is 0. The third kappa shape index (κ3) is 1.35. The zero-order valence-electron chi connectivity index (χ0n) is 9.19. The van der Waals surface area contributed by atoms with Gasteiger partial charge in [-0.25, -0.2) is 0 Å². The van der Waals surface area contributed by atoms with Crippen LogP contribution in [0.4, 0.5) is 0 Å². The zero-order valence-corrected chi connectivity index (χ0v) is 9.19. The first-order chi connectivity index (χ1) is 7.25. The van der Waals surface area contributed by atoms with Gasteiger partial charge in [0.15, 0.2) is 0 Å². The predicted molar refractivity (Wildman–Crippen MR) is 62.6 cm³/mol. The van der Waals surface area contributed by atoms with Gasteiger partial charge >= 0.3 is 0 Å². The van der Waals surface area contributed by atoms with E-state index in [0.29, 0.717) is 17.8 Å². The van der Waals surface area contributed by atoms with E-state index in [4.69, 9.17) is 5.73 Å². The van der Waals surface area contributed by atoms with Crippen molar-refractivity contribution >= 4 is 5.84 Å². The van der Waals surface area contributed by atoms with Gasteiger partial charge in [-0.3, -0.25) is 4.99 Å². The van der Waals surface area contributed by atoms with Crippen LogP contribution < -0.4 is 5.73 Å². The summed E-state index contributed by atoms with van der Waals surface area (Å²) in [6.07, 6.45) is 9.60. The Hall–Kier alpha value is -1.05. The van der Waals surface area contributed by atoms with E-state index in [9.17, 15) is 0 Å². The van der Waals surface area contributed by atoms with Gasteiger partial charge in [0.2, 0.25) is 0 Å². The number of nitrogens with two attached hydrogens (primary N) is 1. The van der Waals surface area contributed by atoms with Gasteiger partial charge < -0.3 is 5.73 Å². The molecule has 2 N–H and O–H groups in total. The summed E-state index contributed by atoms with van der Waals surface area (Å²) in [5.74, 6) is 3.57. The number of amidine groups is 1. The Kier molecular flexibility index (Phi) is 1.98. The molecule has 3 aliphatic rings. The highest BCUT2D eigenvalue weighted by molar-refractivity contribution is 5.98. The number of hydrogen-bond donors (Lipinski definition) is 1. The van der Waals surface area contributed by atoms with Gasteiger partial charge in [-0.05, 0) is 36.2 Å². The molecular weight excluding hydrogens is 184 g/mol. The molecule has 0 aromatic heterocycles. The van der Waals surface area contributed by atoms with E-state index >= 15 is 0 Å². The number of rotatable bonds is 0. The van der Waals surface area contributed by atoms with Crippen LogP contribution in [-0.4, -0.2) is 12.4 Å². The van der Waals surface area contributed by atoms with Crippen LogP contribution in [-0.2, 0) is 0 Å². The minimum atomic E-state index is 0.620. The molecule has 0 amide bonds. The summed E-state index contributed by atoms with van der Waals surface area (Å²) < 4.78 is 0. The van der Waals surface area contributed by atoms with Gasteiger partial charge in [0.05, 0.1) is 0 Å². The fourth-order valence-corrected chi connectivity index (χ4v) is 3.46. The smallest absolute Gasteiger partial charge is 0.121 e. The van der Waals surface area contributed by atoms with E-state index in [0.717, 1.165) is 18.3 Å².